The van der Waals surface area contributed by atoms with E-state index < -0.39 is 0 Å². The van der Waals surface area contributed by atoms with Gasteiger partial charge in [-0.2, -0.15) is 0 Å². The van der Waals surface area contributed by atoms with Crippen LogP contribution >= 0.6 is 0 Å². The summed E-state index contributed by atoms with van der Waals surface area (Å²) in [5.41, 5.74) is 5.55. The first-order chi connectivity index (χ1) is 8.52. The van der Waals surface area contributed by atoms with Crippen molar-refractivity contribution < 1.29 is 4.79 Å². The molecule has 3 N–H and O–H groups in total. The number of nitrogens with two attached hydrogens (primary N) is 1. The highest BCUT2D eigenvalue weighted by Gasteiger charge is 2.21. The number of piperidine rings is 1. The lowest BCUT2D eigenvalue weighted by Crippen LogP contribution is -2.46. The van der Waals surface area contributed by atoms with Gasteiger partial charge in [0.25, 0.3) is 0 Å². The van der Waals surface area contributed by atoms with Crippen molar-refractivity contribution in [2.24, 2.45) is 11.7 Å². The highest BCUT2D eigenvalue weighted by Crippen LogP contribution is 2.13. The summed E-state index contributed by atoms with van der Waals surface area (Å²) in [6.07, 6.45) is 3.67. The molecule has 0 saturated carbocycles. The Labute approximate surface area is 111 Å². The minimum atomic E-state index is 0.193. The third-order valence-electron chi connectivity index (χ3n) is 3.89. The van der Waals surface area contributed by atoms with E-state index >= 15 is 0 Å². The molecule has 4 heteroatoms. The predicted octanol–water partition coefficient (Wildman–Crippen LogP) is 1.35. The van der Waals surface area contributed by atoms with Gasteiger partial charge in [0, 0.05) is 31.6 Å². The molecule has 0 bridgehead atoms. The van der Waals surface area contributed by atoms with Crippen molar-refractivity contribution in [1.82, 2.24) is 10.2 Å². The number of carbonyl (C=O) groups is 1. The molecule has 0 spiro atoms. The molecular weight excluding hydrogens is 226 g/mol. The van der Waals surface area contributed by atoms with Crippen molar-refractivity contribution in [3.63, 3.8) is 0 Å². The maximum absolute atomic E-state index is 11.8. The number of amides is 1. The van der Waals surface area contributed by atoms with Crippen LogP contribution in [-0.2, 0) is 4.79 Å². The van der Waals surface area contributed by atoms with Crippen LogP contribution in [0.1, 0.15) is 46.5 Å². The van der Waals surface area contributed by atoms with Crippen molar-refractivity contribution in [3.8, 4) is 0 Å². The van der Waals surface area contributed by atoms with Crippen LogP contribution in [0.15, 0.2) is 0 Å². The lowest BCUT2D eigenvalue weighted by Gasteiger charge is -2.34. The van der Waals surface area contributed by atoms with E-state index in [1.165, 1.54) is 0 Å². The van der Waals surface area contributed by atoms with Crippen LogP contribution in [0.5, 0.6) is 0 Å². The summed E-state index contributed by atoms with van der Waals surface area (Å²) in [5, 5.41) is 3.15. The van der Waals surface area contributed by atoms with E-state index in [0.29, 0.717) is 31.0 Å². The highest BCUT2D eigenvalue weighted by molar-refractivity contribution is 5.76. The van der Waals surface area contributed by atoms with Crippen molar-refractivity contribution >= 4 is 5.91 Å². The first-order valence-corrected chi connectivity index (χ1v) is 7.26. The van der Waals surface area contributed by atoms with E-state index in [-0.39, 0.29) is 5.91 Å². The monoisotopic (exact) mass is 255 g/mol. The van der Waals surface area contributed by atoms with Crippen LogP contribution in [0.4, 0.5) is 0 Å². The van der Waals surface area contributed by atoms with Crippen LogP contribution in [0.2, 0.25) is 0 Å². The van der Waals surface area contributed by atoms with E-state index in [1.807, 2.05) is 0 Å². The Balaban J connectivity index is 2.18. The highest BCUT2D eigenvalue weighted by atomic mass is 16.1. The van der Waals surface area contributed by atoms with Gasteiger partial charge in [-0.3, -0.25) is 4.79 Å². The lowest BCUT2D eigenvalue weighted by molar-refractivity contribution is -0.122. The zero-order valence-electron chi connectivity index (χ0n) is 12.1. The van der Waals surface area contributed by atoms with Crippen LogP contribution in [0.25, 0.3) is 0 Å². The lowest BCUT2D eigenvalue weighted by atomic mass is 10.0. The second-order valence-electron chi connectivity index (χ2n) is 5.85. The summed E-state index contributed by atoms with van der Waals surface area (Å²) in [7, 11) is 0. The van der Waals surface area contributed by atoms with E-state index in [1.54, 1.807) is 0 Å². The molecule has 0 aliphatic carbocycles. The third-order valence-corrected chi connectivity index (χ3v) is 3.89. The molecule has 0 radical (unpaired) electrons. The summed E-state index contributed by atoms with van der Waals surface area (Å²) in [6.45, 7) is 9.42. The number of rotatable bonds is 6. The molecule has 1 saturated heterocycles. The quantitative estimate of drug-likeness (QED) is 0.753. The van der Waals surface area contributed by atoms with Crippen molar-refractivity contribution in [2.45, 2.75) is 58.5 Å². The number of hydrogen-bond acceptors (Lipinski definition) is 3. The SMILES string of the molecule is CC(CN)CCC(=O)NC1CCN(C(C)C)CC1. The van der Waals surface area contributed by atoms with Gasteiger partial charge in [-0.25, -0.2) is 0 Å². The standard InChI is InChI=1S/C14H29N3O/c1-11(2)17-8-6-13(7-9-17)16-14(18)5-4-12(3)10-15/h11-13H,4-10,15H2,1-3H3,(H,16,18). The Morgan fingerprint density at radius 1 is 1.33 bits per heavy atom. The van der Waals surface area contributed by atoms with Crippen molar-refractivity contribution in [2.75, 3.05) is 19.6 Å². The Morgan fingerprint density at radius 3 is 2.44 bits per heavy atom. The van der Waals surface area contributed by atoms with Gasteiger partial charge in [0.2, 0.25) is 5.91 Å². The Bertz CT molecular complexity index is 247. The van der Waals surface area contributed by atoms with Gasteiger partial charge >= 0.3 is 0 Å². The molecule has 1 rings (SSSR count). The summed E-state index contributed by atoms with van der Waals surface area (Å²) < 4.78 is 0. The van der Waals surface area contributed by atoms with Gasteiger partial charge < -0.3 is 16.0 Å². The Morgan fingerprint density at radius 2 is 1.94 bits per heavy atom. The van der Waals surface area contributed by atoms with Crippen LogP contribution < -0.4 is 11.1 Å². The number of hydrogen-bond donors (Lipinski definition) is 2. The van der Waals surface area contributed by atoms with E-state index in [4.69, 9.17) is 5.73 Å². The van der Waals surface area contributed by atoms with Crippen LogP contribution in [0.3, 0.4) is 0 Å². The van der Waals surface area contributed by atoms with Crippen molar-refractivity contribution in [1.29, 1.82) is 0 Å². The van der Waals surface area contributed by atoms with E-state index in [2.05, 4.69) is 31.0 Å². The number of nitrogens with one attached hydrogen (secondary N) is 1. The summed E-state index contributed by atoms with van der Waals surface area (Å²) in [6, 6.07) is 0.993. The molecule has 4 nitrogen and oxygen atoms in total. The fraction of sp³-hybridized carbons (Fsp3) is 0.929. The molecular formula is C14H29N3O. The molecule has 1 unspecified atom stereocenters. The van der Waals surface area contributed by atoms with Gasteiger partial charge in [-0.05, 0) is 45.6 Å². The Kier molecular flexibility index (Phi) is 6.65. The maximum Gasteiger partial charge on any atom is 0.220 e. The van der Waals surface area contributed by atoms with Crippen molar-refractivity contribution in [3.05, 3.63) is 0 Å². The first-order valence-electron chi connectivity index (χ1n) is 7.26. The molecule has 1 heterocycles. The Hall–Kier alpha value is -0.610. The minimum Gasteiger partial charge on any atom is -0.353 e. The van der Waals surface area contributed by atoms with Gasteiger partial charge in [-0.1, -0.05) is 6.92 Å². The smallest absolute Gasteiger partial charge is 0.220 e. The van der Waals surface area contributed by atoms with Gasteiger partial charge in [0.1, 0.15) is 0 Å². The molecule has 0 aromatic rings. The number of likely N-dealkylation sites (tertiary alicyclic amines) is 1. The number of nitrogens with zero attached hydrogens (tertiary/aromatic N) is 1. The maximum atomic E-state index is 11.8. The van der Waals surface area contributed by atoms with E-state index in [0.717, 1.165) is 32.4 Å². The second kappa shape index (κ2) is 7.74. The molecule has 1 aliphatic heterocycles. The van der Waals surface area contributed by atoms with E-state index in [9.17, 15) is 4.79 Å². The van der Waals surface area contributed by atoms with Gasteiger partial charge in [-0.15, -0.1) is 0 Å². The summed E-state index contributed by atoms with van der Waals surface area (Å²) in [4.78, 5) is 14.3. The molecule has 1 aliphatic rings. The second-order valence-corrected chi connectivity index (χ2v) is 5.85. The molecule has 1 atom stereocenters. The fourth-order valence-corrected chi connectivity index (χ4v) is 2.36. The summed E-state index contributed by atoms with van der Waals surface area (Å²) in [5.74, 6) is 0.636. The average molecular weight is 255 g/mol. The van der Waals surface area contributed by atoms with Crippen LogP contribution in [0, 0.1) is 5.92 Å². The third kappa shape index (κ3) is 5.36. The largest absolute Gasteiger partial charge is 0.353 e. The molecule has 106 valence electrons. The zero-order chi connectivity index (χ0) is 13.5. The summed E-state index contributed by atoms with van der Waals surface area (Å²) >= 11 is 0. The first kappa shape index (κ1) is 15.4. The topological polar surface area (TPSA) is 58.4 Å². The average Bonchev–Trinajstić information content (AvgIpc) is 2.36. The number of carbonyl (C=O) groups excluding carboxylic acids is 1. The zero-order valence-corrected chi connectivity index (χ0v) is 12.1. The van der Waals surface area contributed by atoms with Gasteiger partial charge in [0.05, 0.1) is 0 Å². The predicted molar refractivity (Wildman–Crippen MR) is 75.3 cm³/mol. The molecule has 1 fully saturated rings. The molecule has 1 amide bonds. The normalized spacial score (nSPS) is 20.1. The minimum absolute atomic E-state index is 0.193. The molecule has 18 heavy (non-hydrogen) atoms. The fourth-order valence-electron chi connectivity index (χ4n) is 2.36. The molecule has 0 aromatic carbocycles. The van der Waals surface area contributed by atoms with Crippen LogP contribution in [-0.4, -0.2) is 42.5 Å². The van der Waals surface area contributed by atoms with Gasteiger partial charge in [0.15, 0.2) is 0 Å². The molecule has 0 aromatic heterocycles.